The predicted octanol–water partition coefficient (Wildman–Crippen LogP) is 0.811. The molecule has 47 heavy (non-hydrogen) atoms. The van der Waals surface area contributed by atoms with E-state index in [1.165, 1.54) is 30.9 Å². The van der Waals surface area contributed by atoms with Crippen LogP contribution in [0.1, 0.15) is 68.4 Å². The van der Waals surface area contributed by atoms with Crippen LogP contribution >= 0.6 is 0 Å². The molecule has 6 atom stereocenters. The number of Topliss-reactive ketones (excluding diaryl/α,β-unsaturated/α-hetero) is 1. The van der Waals surface area contributed by atoms with Gasteiger partial charge in [0, 0.05) is 31.4 Å². The van der Waals surface area contributed by atoms with E-state index in [-0.39, 0.29) is 55.1 Å². The van der Waals surface area contributed by atoms with Crippen molar-refractivity contribution < 1.29 is 33.9 Å². The summed E-state index contributed by atoms with van der Waals surface area (Å²) in [7, 11) is 0. The van der Waals surface area contributed by atoms with Crippen molar-refractivity contribution in [2.45, 2.75) is 77.9 Å². The number of amides is 4. The van der Waals surface area contributed by atoms with Crippen molar-refractivity contribution in [1.29, 1.82) is 0 Å². The van der Waals surface area contributed by atoms with Crippen molar-refractivity contribution in [2.24, 2.45) is 23.7 Å². The van der Waals surface area contributed by atoms with Crippen molar-refractivity contribution in [3.8, 4) is 0 Å². The number of carbonyl (C=O) groups is 6. The van der Waals surface area contributed by atoms with E-state index in [0.29, 0.717) is 24.5 Å². The van der Waals surface area contributed by atoms with Crippen molar-refractivity contribution in [2.75, 3.05) is 11.9 Å². The summed E-state index contributed by atoms with van der Waals surface area (Å²) in [4.78, 5) is 96.5. The number of hydrogen-bond acceptors (Lipinski definition) is 9. The third kappa shape index (κ3) is 8.86. The Labute approximate surface area is 271 Å². The lowest BCUT2D eigenvalue weighted by atomic mass is 9.62. The molecule has 6 unspecified atom stereocenters. The van der Waals surface area contributed by atoms with Gasteiger partial charge in [0.2, 0.25) is 17.6 Å². The molecule has 2 fully saturated rings. The third-order valence-corrected chi connectivity index (χ3v) is 8.96. The molecule has 0 aromatic carbocycles. The van der Waals surface area contributed by atoms with Gasteiger partial charge in [0.15, 0.2) is 0 Å². The zero-order valence-electron chi connectivity index (χ0n) is 26.7. The van der Waals surface area contributed by atoms with Gasteiger partial charge in [0.1, 0.15) is 24.6 Å². The first-order valence-electron chi connectivity index (χ1n) is 15.8. The van der Waals surface area contributed by atoms with E-state index < -0.39 is 52.9 Å². The number of anilines is 1. The first-order chi connectivity index (χ1) is 22.4. The summed E-state index contributed by atoms with van der Waals surface area (Å²) in [5, 5.41) is 20.0. The van der Waals surface area contributed by atoms with E-state index in [1.54, 1.807) is 13.8 Å². The van der Waals surface area contributed by atoms with Gasteiger partial charge in [-0.25, -0.2) is 9.97 Å². The topological polar surface area (TPSA) is 219 Å². The fourth-order valence-corrected chi connectivity index (χ4v) is 6.70. The maximum absolute atomic E-state index is 13.4. The molecule has 0 spiro atoms. The molecule has 5 N–H and O–H groups in total. The average Bonchev–Trinajstić information content (AvgIpc) is 3.02. The van der Waals surface area contributed by atoms with Crippen LogP contribution in [0, 0.1) is 30.6 Å². The van der Waals surface area contributed by atoms with Gasteiger partial charge in [0.05, 0.1) is 17.2 Å². The van der Waals surface area contributed by atoms with E-state index in [4.69, 9.17) is 0 Å². The van der Waals surface area contributed by atoms with Crippen LogP contribution in [0.4, 0.5) is 5.69 Å². The Morgan fingerprint density at radius 2 is 1.87 bits per heavy atom. The van der Waals surface area contributed by atoms with Gasteiger partial charge >= 0.3 is 5.97 Å². The van der Waals surface area contributed by atoms with Crippen LogP contribution in [-0.4, -0.2) is 73.7 Å². The van der Waals surface area contributed by atoms with Gasteiger partial charge in [-0.1, -0.05) is 6.92 Å². The highest BCUT2D eigenvalue weighted by molar-refractivity contribution is 6.36. The first kappa shape index (κ1) is 34.9. The molecule has 2 aliphatic rings. The molecule has 2 aliphatic carbocycles. The number of pyridine rings is 1. The predicted molar refractivity (Wildman–Crippen MR) is 168 cm³/mol. The molecule has 2 saturated carbocycles. The van der Waals surface area contributed by atoms with Gasteiger partial charge in [-0.05, 0) is 75.8 Å². The number of fused-ring (bicyclic) bond motifs is 2. The van der Waals surface area contributed by atoms with E-state index in [0.717, 1.165) is 17.4 Å². The number of aliphatic carboxylic acids is 1. The van der Waals surface area contributed by atoms with Crippen LogP contribution in [-0.2, 0) is 30.5 Å². The van der Waals surface area contributed by atoms with Crippen LogP contribution in [0.15, 0.2) is 35.6 Å². The number of carboxylic acids is 1. The molecule has 2 bridgehead atoms. The van der Waals surface area contributed by atoms with Crippen LogP contribution in [0.25, 0.3) is 0 Å². The first-order valence-corrected chi connectivity index (χ1v) is 15.8. The number of aryl methyl sites for hydroxylation is 1. The number of carbonyl (C=O) groups excluding carboxylic acids is 5. The lowest BCUT2D eigenvalue weighted by Gasteiger charge is -2.46. The highest BCUT2D eigenvalue weighted by Gasteiger charge is 2.43. The number of carboxylic acid groups (broad SMARTS) is 1. The molecular weight excluding hydrogens is 610 g/mol. The second-order valence-corrected chi connectivity index (χ2v) is 12.4. The maximum Gasteiger partial charge on any atom is 0.306 e. The molecule has 252 valence electrons. The fourth-order valence-electron chi connectivity index (χ4n) is 6.70. The average molecular weight is 652 g/mol. The van der Waals surface area contributed by atoms with Crippen molar-refractivity contribution in [3.05, 3.63) is 52.5 Å². The highest BCUT2D eigenvalue weighted by Crippen LogP contribution is 2.45. The summed E-state index contributed by atoms with van der Waals surface area (Å²) in [5.41, 5.74) is -0.383. The third-order valence-electron chi connectivity index (χ3n) is 8.96. The van der Waals surface area contributed by atoms with Gasteiger partial charge in [0.25, 0.3) is 17.4 Å². The molecule has 2 aromatic rings. The second-order valence-electron chi connectivity index (χ2n) is 12.4. The SMILES string of the molecule is CCNC(=O)C(=O)CCC(NC(=O)c1cncnc1C)C(=O)Nc1cccn(CC(=O)NC2C(C)CC3CC(C(=O)O)CC2C3)c1=O. The van der Waals surface area contributed by atoms with Gasteiger partial charge < -0.3 is 30.9 Å². The Hall–Kier alpha value is -4.95. The van der Waals surface area contributed by atoms with Crippen molar-refractivity contribution in [1.82, 2.24) is 30.5 Å². The Bertz CT molecular complexity index is 1590. The Balaban J connectivity index is 1.45. The number of nitrogens with zero attached hydrogens (tertiary/aromatic N) is 3. The lowest BCUT2D eigenvalue weighted by molar-refractivity contribution is -0.145. The normalized spacial score (nSPS) is 22.3. The Morgan fingerprint density at radius 3 is 2.57 bits per heavy atom. The van der Waals surface area contributed by atoms with E-state index >= 15 is 0 Å². The minimum Gasteiger partial charge on any atom is -0.481 e. The largest absolute Gasteiger partial charge is 0.481 e. The summed E-state index contributed by atoms with van der Waals surface area (Å²) in [6.45, 7) is 5.18. The van der Waals surface area contributed by atoms with E-state index in [2.05, 4.69) is 31.2 Å². The summed E-state index contributed by atoms with van der Waals surface area (Å²) in [6, 6.07) is 1.29. The Morgan fingerprint density at radius 1 is 1.11 bits per heavy atom. The summed E-state index contributed by atoms with van der Waals surface area (Å²) in [6.07, 6.45) is 6.15. The van der Waals surface area contributed by atoms with E-state index in [1.807, 2.05) is 6.92 Å². The van der Waals surface area contributed by atoms with Gasteiger partial charge in [-0.3, -0.25) is 33.6 Å². The molecule has 0 radical (unpaired) electrons. The molecule has 0 aliphatic heterocycles. The van der Waals surface area contributed by atoms with Crippen LogP contribution in [0.3, 0.4) is 0 Å². The van der Waals surface area contributed by atoms with E-state index in [9.17, 15) is 38.7 Å². The molecule has 15 nitrogen and oxygen atoms in total. The van der Waals surface area contributed by atoms with Gasteiger partial charge in [-0.15, -0.1) is 0 Å². The number of ketones is 1. The molecule has 4 rings (SSSR count). The summed E-state index contributed by atoms with van der Waals surface area (Å²) < 4.78 is 1.14. The number of likely N-dealkylation sites (N-methyl/N-ethyl adjacent to an activating group) is 1. The lowest BCUT2D eigenvalue weighted by Crippen LogP contribution is -2.52. The second kappa shape index (κ2) is 15.6. The molecular formula is C32H41N7O8. The highest BCUT2D eigenvalue weighted by atomic mass is 16.4. The number of hydrogen-bond donors (Lipinski definition) is 5. The quantitative estimate of drug-likeness (QED) is 0.192. The number of rotatable bonds is 13. The fraction of sp³-hybridized carbons (Fsp3) is 0.531. The summed E-state index contributed by atoms with van der Waals surface area (Å²) >= 11 is 0. The molecule has 4 amide bonds. The van der Waals surface area contributed by atoms with Crippen molar-refractivity contribution >= 4 is 41.1 Å². The standard InChI is InChI=1S/C32H41N7O8/c1-4-34-30(44)25(40)8-7-23(36-28(42)22-14-33-16-35-18(22)3)29(43)37-24-6-5-9-39(31(24)45)15-26(41)38-27-17(2)10-19-11-20(27)13-21(12-19)32(46)47/h5-6,9,14,16-17,19-21,23,27H,4,7-8,10-13,15H2,1-3H3,(H,34,44)(H,36,42)(H,37,43)(H,38,41)(H,46,47). The molecule has 0 saturated heterocycles. The molecule has 15 heteroatoms. The van der Waals surface area contributed by atoms with Crippen LogP contribution in [0.2, 0.25) is 0 Å². The zero-order valence-corrected chi connectivity index (χ0v) is 26.7. The zero-order chi connectivity index (χ0) is 34.2. The minimum atomic E-state index is -1.32. The monoisotopic (exact) mass is 651 g/mol. The maximum atomic E-state index is 13.4. The van der Waals surface area contributed by atoms with Gasteiger partial charge in [-0.2, -0.15) is 0 Å². The Kier molecular flexibility index (Phi) is 11.6. The summed E-state index contributed by atoms with van der Waals surface area (Å²) in [5.74, 6) is -4.27. The minimum absolute atomic E-state index is 0.0307. The smallest absolute Gasteiger partial charge is 0.306 e. The molecule has 2 heterocycles. The van der Waals surface area contributed by atoms with Crippen molar-refractivity contribution in [3.63, 3.8) is 0 Å². The van der Waals surface area contributed by atoms with Crippen LogP contribution < -0.4 is 26.8 Å². The number of nitrogens with one attached hydrogen (secondary N) is 4. The number of aromatic nitrogens is 3. The molecule has 2 aromatic heterocycles. The van der Waals surface area contributed by atoms with Crippen LogP contribution in [0.5, 0.6) is 0 Å².